The summed E-state index contributed by atoms with van der Waals surface area (Å²) in [5, 5.41) is 14.3. The number of nitrogens with zero attached hydrogens (tertiary/aromatic N) is 2. The molecule has 0 bridgehead atoms. The van der Waals surface area contributed by atoms with E-state index in [1.807, 2.05) is 13.0 Å². The largest absolute Gasteiger partial charge is 0.480 e. The summed E-state index contributed by atoms with van der Waals surface area (Å²) < 4.78 is 14.5. The molecule has 136 valence electrons. The Hall–Kier alpha value is -2.76. The number of hydrogen-bond acceptors (Lipinski definition) is 3. The van der Waals surface area contributed by atoms with E-state index < -0.39 is 29.0 Å². The molecule has 1 aliphatic carbocycles. The van der Waals surface area contributed by atoms with Gasteiger partial charge in [-0.3, -0.25) is 9.59 Å². The van der Waals surface area contributed by atoms with Crippen molar-refractivity contribution in [1.29, 1.82) is 0 Å². The summed E-state index contributed by atoms with van der Waals surface area (Å²) in [6, 6.07) is 7.40. The summed E-state index contributed by atoms with van der Waals surface area (Å²) in [5.41, 5.74) is 1.18. The third-order valence-corrected chi connectivity index (χ3v) is 5.09. The number of benzene rings is 1. The van der Waals surface area contributed by atoms with Crippen molar-refractivity contribution in [2.45, 2.75) is 39.5 Å². The highest BCUT2D eigenvalue weighted by Crippen LogP contribution is 2.47. The summed E-state index contributed by atoms with van der Waals surface area (Å²) in [4.78, 5) is 25.8. The maximum Gasteiger partial charge on any atom is 0.320 e. The van der Waals surface area contributed by atoms with Crippen molar-refractivity contribution in [3.8, 4) is 0 Å². The average Bonchev–Trinajstić information content (AvgIpc) is 2.93. The van der Waals surface area contributed by atoms with Gasteiger partial charge in [-0.2, -0.15) is 5.10 Å². The van der Waals surface area contributed by atoms with Crippen LogP contribution in [0.4, 0.5) is 4.39 Å². The molecule has 0 saturated carbocycles. The highest BCUT2D eigenvalue weighted by atomic mass is 19.1. The Bertz CT molecular complexity index is 898. The molecule has 1 heterocycles. The van der Waals surface area contributed by atoms with Crippen molar-refractivity contribution >= 4 is 11.9 Å². The van der Waals surface area contributed by atoms with Crippen molar-refractivity contribution in [3.63, 3.8) is 0 Å². The van der Waals surface area contributed by atoms with Crippen molar-refractivity contribution in [1.82, 2.24) is 9.78 Å². The monoisotopic (exact) mass is 356 g/mol. The Labute approximate surface area is 151 Å². The molecule has 5 nitrogen and oxygen atoms in total. The molecule has 2 aromatic rings. The van der Waals surface area contributed by atoms with Crippen molar-refractivity contribution in [3.05, 3.63) is 64.7 Å². The second-order valence-electron chi connectivity index (χ2n) is 6.96. The molecule has 0 fully saturated rings. The molecule has 26 heavy (non-hydrogen) atoms. The minimum atomic E-state index is -1.68. The van der Waals surface area contributed by atoms with Crippen molar-refractivity contribution in [2.24, 2.45) is 5.41 Å². The Morgan fingerprint density at radius 1 is 1.23 bits per heavy atom. The van der Waals surface area contributed by atoms with Gasteiger partial charge in [0.05, 0.1) is 5.69 Å². The Kier molecular flexibility index (Phi) is 4.52. The number of carbonyl (C=O) groups is 2. The van der Waals surface area contributed by atoms with Gasteiger partial charge < -0.3 is 5.11 Å². The Balaban J connectivity index is 2.19. The lowest BCUT2D eigenvalue weighted by atomic mass is 9.64. The van der Waals surface area contributed by atoms with E-state index in [0.29, 0.717) is 23.4 Å². The highest BCUT2D eigenvalue weighted by molar-refractivity contribution is 6.04. The van der Waals surface area contributed by atoms with Gasteiger partial charge in [-0.25, -0.2) is 9.07 Å². The number of hydrogen-bond donors (Lipinski definition) is 1. The van der Waals surface area contributed by atoms with E-state index in [1.165, 1.54) is 16.8 Å². The number of aryl methyl sites for hydroxylation is 2. The third kappa shape index (κ3) is 2.85. The van der Waals surface area contributed by atoms with Crippen LogP contribution in [0.25, 0.3) is 0 Å². The third-order valence-electron chi connectivity index (χ3n) is 5.09. The zero-order valence-corrected chi connectivity index (χ0v) is 15.0. The first kappa shape index (κ1) is 18.0. The first-order valence-electron chi connectivity index (χ1n) is 8.50. The first-order valence-corrected chi connectivity index (χ1v) is 8.50. The van der Waals surface area contributed by atoms with E-state index in [-0.39, 0.29) is 6.42 Å². The molecule has 0 amide bonds. The number of rotatable bonds is 3. The molecule has 0 saturated heterocycles. The zero-order valence-electron chi connectivity index (χ0n) is 15.0. The molecule has 1 N–H and O–H groups in total. The normalized spacial score (nSPS) is 22.8. The molecule has 6 heteroatoms. The number of carbonyl (C=O) groups excluding carboxylic acids is 1. The lowest BCUT2D eigenvalue weighted by molar-refractivity contribution is -0.147. The standard InChI is InChI=1S/C20H21FN2O3/c1-12-8-9-20(19(25)26,18(24)23-14(3)11-13(2)22-23)17(10-12)15-4-6-16(21)7-5-15/h4-7,10-11,17H,8-9H2,1-3H3,(H,25,26). The van der Waals surface area contributed by atoms with E-state index in [1.54, 1.807) is 32.0 Å². The van der Waals surface area contributed by atoms with Crippen LogP contribution < -0.4 is 0 Å². The van der Waals surface area contributed by atoms with E-state index in [0.717, 1.165) is 5.57 Å². The predicted octanol–water partition coefficient (Wildman–Crippen LogP) is 3.87. The smallest absolute Gasteiger partial charge is 0.320 e. The van der Waals surface area contributed by atoms with Crippen LogP contribution in [-0.4, -0.2) is 26.8 Å². The zero-order chi connectivity index (χ0) is 19.1. The number of carboxylic acid groups (broad SMARTS) is 1. The molecular weight excluding hydrogens is 335 g/mol. The quantitative estimate of drug-likeness (QED) is 0.669. The summed E-state index contributed by atoms with van der Waals surface area (Å²) in [7, 11) is 0. The fourth-order valence-electron chi connectivity index (χ4n) is 3.71. The molecule has 2 unspecified atom stereocenters. The van der Waals surface area contributed by atoms with Crippen LogP contribution in [0, 0.1) is 25.1 Å². The topological polar surface area (TPSA) is 72.2 Å². The molecule has 0 radical (unpaired) electrons. The molecule has 1 aromatic heterocycles. The van der Waals surface area contributed by atoms with E-state index >= 15 is 0 Å². The van der Waals surface area contributed by atoms with Crippen LogP contribution in [0.15, 0.2) is 42.0 Å². The maximum atomic E-state index is 13.4. The van der Waals surface area contributed by atoms with Crippen LogP contribution in [0.1, 0.15) is 47.4 Å². The van der Waals surface area contributed by atoms with Gasteiger partial charge in [0.2, 0.25) is 0 Å². The molecule has 1 aliphatic rings. The molecule has 1 aromatic carbocycles. The van der Waals surface area contributed by atoms with Crippen LogP contribution in [0.2, 0.25) is 0 Å². The Morgan fingerprint density at radius 2 is 1.88 bits per heavy atom. The van der Waals surface area contributed by atoms with Gasteiger partial charge in [-0.15, -0.1) is 0 Å². The van der Waals surface area contributed by atoms with Crippen LogP contribution in [-0.2, 0) is 4.79 Å². The van der Waals surface area contributed by atoms with E-state index in [9.17, 15) is 19.1 Å². The van der Waals surface area contributed by atoms with Gasteiger partial charge >= 0.3 is 5.97 Å². The average molecular weight is 356 g/mol. The maximum absolute atomic E-state index is 13.4. The summed E-state index contributed by atoms with van der Waals surface area (Å²) in [6.07, 6.45) is 2.49. The Morgan fingerprint density at radius 3 is 2.42 bits per heavy atom. The van der Waals surface area contributed by atoms with Crippen molar-refractivity contribution < 1.29 is 19.1 Å². The predicted molar refractivity (Wildman–Crippen MR) is 94.5 cm³/mol. The molecule has 3 rings (SSSR count). The lowest BCUT2D eigenvalue weighted by Crippen LogP contribution is -2.48. The number of allylic oxidation sites excluding steroid dienone is 2. The molecular formula is C20H21FN2O3. The molecule has 0 aliphatic heterocycles. The minimum absolute atomic E-state index is 0.171. The summed E-state index contributed by atoms with van der Waals surface area (Å²) in [6.45, 7) is 5.40. The summed E-state index contributed by atoms with van der Waals surface area (Å²) >= 11 is 0. The second kappa shape index (κ2) is 6.52. The molecule has 0 spiro atoms. The SMILES string of the molecule is CC1=CC(c2ccc(F)cc2)C(C(=O)O)(C(=O)n2nc(C)cc2C)CC1. The van der Waals surface area contributed by atoms with E-state index in [4.69, 9.17) is 0 Å². The lowest BCUT2D eigenvalue weighted by Gasteiger charge is -2.38. The van der Waals surface area contributed by atoms with Crippen LogP contribution >= 0.6 is 0 Å². The van der Waals surface area contributed by atoms with Crippen LogP contribution in [0.5, 0.6) is 0 Å². The van der Waals surface area contributed by atoms with Gasteiger partial charge in [-0.05, 0) is 57.4 Å². The number of carboxylic acids is 1. The van der Waals surface area contributed by atoms with Gasteiger partial charge in [0, 0.05) is 11.6 Å². The van der Waals surface area contributed by atoms with E-state index in [2.05, 4.69) is 5.10 Å². The fraction of sp³-hybridized carbons (Fsp3) is 0.350. The van der Waals surface area contributed by atoms with Crippen molar-refractivity contribution in [2.75, 3.05) is 0 Å². The van der Waals surface area contributed by atoms with Gasteiger partial charge in [0.1, 0.15) is 5.82 Å². The molecule has 2 atom stereocenters. The number of halogens is 1. The van der Waals surface area contributed by atoms with Gasteiger partial charge in [0.25, 0.3) is 5.91 Å². The van der Waals surface area contributed by atoms with Gasteiger partial charge in [-0.1, -0.05) is 23.8 Å². The first-order chi connectivity index (χ1) is 12.3. The summed E-state index contributed by atoms with van der Waals surface area (Å²) in [5.74, 6) is -2.84. The highest BCUT2D eigenvalue weighted by Gasteiger charge is 2.54. The van der Waals surface area contributed by atoms with Gasteiger partial charge in [0.15, 0.2) is 5.41 Å². The fourth-order valence-corrected chi connectivity index (χ4v) is 3.71. The van der Waals surface area contributed by atoms with Crippen LogP contribution in [0.3, 0.4) is 0 Å². The number of aromatic nitrogens is 2. The second-order valence-corrected chi connectivity index (χ2v) is 6.96. The minimum Gasteiger partial charge on any atom is -0.480 e. The number of aliphatic carboxylic acids is 1.